The molecular weight excluding hydrogens is 554 g/mol. The second kappa shape index (κ2) is 12.6. The topological polar surface area (TPSA) is 128 Å². The Bertz CT molecular complexity index is 1760. The van der Waals surface area contributed by atoms with E-state index in [2.05, 4.69) is 22.1 Å². The molecule has 0 saturated heterocycles. The van der Waals surface area contributed by atoms with Crippen LogP contribution in [0.5, 0.6) is 0 Å². The Labute approximate surface area is 246 Å². The van der Waals surface area contributed by atoms with Gasteiger partial charge in [-0.05, 0) is 49.9 Å². The van der Waals surface area contributed by atoms with E-state index in [1.807, 2.05) is 31.2 Å². The Hall–Kier alpha value is -3.80. The van der Waals surface area contributed by atoms with Gasteiger partial charge in [0.25, 0.3) is 15.6 Å². The van der Waals surface area contributed by atoms with Crippen molar-refractivity contribution >= 4 is 15.8 Å². The van der Waals surface area contributed by atoms with E-state index in [1.54, 1.807) is 36.6 Å². The molecule has 0 atom stereocenters. The summed E-state index contributed by atoms with van der Waals surface area (Å²) in [6.07, 6.45) is 2.68. The number of hydrogen-bond donors (Lipinski definition) is 2. The summed E-state index contributed by atoms with van der Waals surface area (Å²) in [6, 6.07) is 12.7. The number of unbranched alkanes of at least 4 members (excludes halogenated alkanes) is 1. The van der Waals surface area contributed by atoms with Gasteiger partial charge < -0.3 is 14.6 Å². The third-order valence-corrected chi connectivity index (χ3v) is 9.00. The van der Waals surface area contributed by atoms with Crippen molar-refractivity contribution in [1.29, 1.82) is 0 Å². The van der Waals surface area contributed by atoms with Crippen molar-refractivity contribution in [3.63, 3.8) is 0 Å². The molecule has 0 unspecified atom stereocenters. The summed E-state index contributed by atoms with van der Waals surface area (Å²) in [5.74, 6) is 1.50. The van der Waals surface area contributed by atoms with Crippen molar-refractivity contribution in [3.8, 4) is 11.1 Å². The number of aryl methyl sites for hydroxylation is 2. The predicted octanol–water partition coefficient (Wildman–Crippen LogP) is 4.85. The third kappa shape index (κ3) is 6.04. The maximum absolute atomic E-state index is 13.6. The zero-order valence-electron chi connectivity index (χ0n) is 24.5. The lowest BCUT2D eigenvalue weighted by Crippen LogP contribution is -2.29. The molecule has 2 aromatic heterocycles. The summed E-state index contributed by atoms with van der Waals surface area (Å²) in [6.45, 7) is 9.80. The second-order valence-electron chi connectivity index (χ2n) is 10.5. The standard InChI is InChI=1S/C31H37N5O5S/c1-5-7-12-29-33-27-17-32-16-26(27)31(37)36(29)18-22-13-14-24(23(15-22)19-40-6-2)25-10-8-9-11-28(25)42(38,39)35-30-20(3)21(4)41-34-30/h8-11,13-15,32H,5-7,12,16-19H2,1-4H3,(H,34,35). The number of nitrogens with one attached hydrogen (secondary N) is 2. The lowest BCUT2D eigenvalue weighted by molar-refractivity contribution is 0.134. The zero-order chi connectivity index (χ0) is 29.9. The maximum atomic E-state index is 13.6. The molecule has 5 rings (SSSR count). The van der Waals surface area contributed by atoms with Gasteiger partial charge in [-0.15, -0.1) is 0 Å². The molecule has 222 valence electrons. The van der Waals surface area contributed by atoms with Crippen molar-refractivity contribution in [1.82, 2.24) is 20.0 Å². The first-order valence-corrected chi connectivity index (χ1v) is 15.8. The highest BCUT2D eigenvalue weighted by Crippen LogP contribution is 2.33. The molecule has 1 aliphatic rings. The second-order valence-corrected chi connectivity index (χ2v) is 12.1. The van der Waals surface area contributed by atoms with E-state index in [-0.39, 0.29) is 22.9 Å². The average molecular weight is 592 g/mol. The van der Waals surface area contributed by atoms with E-state index in [1.165, 1.54) is 0 Å². The molecule has 2 aromatic carbocycles. The van der Waals surface area contributed by atoms with Crippen LogP contribution < -0.4 is 15.6 Å². The van der Waals surface area contributed by atoms with E-state index in [0.717, 1.165) is 53.0 Å². The van der Waals surface area contributed by atoms with E-state index in [0.29, 0.717) is 43.1 Å². The number of benzene rings is 2. The van der Waals surface area contributed by atoms with Gasteiger partial charge >= 0.3 is 0 Å². The van der Waals surface area contributed by atoms with Gasteiger partial charge in [0.15, 0.2) is 5.82 Å². The fourth-order valence-electron chi connectivity index (χ4n) is 5.15. The average Bonchev–Trinajstić information content (AvgIpc) is 3.58. The number of sulfonamides is 1. The molecule has 11 heteroatoms. The van der Waals surface area contributed by atoms with Gasteiger partial charge in [0.1, 0.15) is 11.6 Å². The fraction of sp³-hybridized carbons (Fsp3) is 0.387. The van der Waals surface area contributed by atoms with Crippen LogP contribution in [0.25, 0.3) is 11.1 Å². The van der Waals surface area contributed by atoms with Gasteiger partial charge in [0, 0.05) is 37.2 Å². The number of rotatable bonds is 12. The lowest BCUT2D eigenvalue weighted by atomic mass is 9.97. The van der Waals surface area contributed by atoms with Crippen molar-refractivity contribution in [2.75, 3.05) is 11.3 Å². The van der Waals surface area contributed by atoms with Crippen LogP contribution in [0, 0.1) is 13.8 Å². The van der Waals surface area contributed by atoms with Crippen LogP contribution in [-0.4, -0.2) is 29.7 Å². The molecular formula is C31H37N5O5S. The Morgan fingerprint density at radius 3 is 2.64 bits per heavy atom. The Kier molecular flexibility index (Phi) is 8.91. The summed E-state index contributed by atoms with van der Waals surface area (Å²) in [5.41, 5.74) is 5.20. The Balaban J connectivity index is 1.54. The van der Waals surface area contributed by atoms with Crippen molar-refractivity contribution in [2.24, 2.45) is 0 Å². The maximum Gasteiger partial charge on any atom is 0.263 e. The lowest BCUT2D eigenvalue weighted by Gasteiger charge is -2.18. The highest BCUT2D eigenvalue weighted by molar-refractivity contribution is 7.92. The largest absolute Gasteiger partial charge is 0.377 e. The molecule has 4 aromatic rings. The van der Waals surface area contributed by atoms with Crippen LogP contribution in [0.3, 0.4) is 0 Å². The molecule has 0 spiro atoms. The highest BCUT2D eigenvalue weighted by atomic mass is 32.2. The number of nitrogens with zero attached hydrogens (tertiary/aromatic N) is 3. The van der Waals surface area contributed by atoms with Crippen LogP contribution in [-0.2, 0) is 47.4 Å². The van der Waals surface area contributed by atoms with E-state index >= 15 is 0 Å². The SMILES string of the molecule is CCCCc1nc2c(c(=O)n1Cc1ccc(-c3ccccc3S(=O)(=O)Nc3noc(C)c3C)c(COCC)c1)CNC2. The summed E-state index contributed by atoms with van der Waals surface area (Å²) in [5, 5.41) is 7.11. The van der Waals surface area contributed by atoms with Crippen LogP contribution in [0.4, 0.5) is 5.82 Å². The minimum absolute atomic E-state index is 0.00700. The summed E-state index contributed by atoms with van der Waals surface area (Å²) >= 11 is 0. The van der Waals surface area contributed by atoms with Crippen LogP contribution in [0.2, 0.25) is 0 Å². The molecule has 42 heavy (non-hydrogen) atoms. The minimum Gasteiger partial charge on any atom is -0.377 e. The van der Waals surface area contributed by atoms with Crippen molar-refractivity contribution in [3.05, 3.63) is 92.4 Å². The van der Waals surface area contributed by atoms with E-state index in [4.69, 9.17) is 14.2 Å². The smallest absolute Gasteiger partial charge is 0.263 e. The first kappa shape index (κ1) is 29.7. The fourth-order valence-corrected chi connectivity index (χ4v) is 6.43. The van der Waals surface area contributed by atoms with Gasteiger partial charge in [-0.1, -0.05) is 54.9 Å². The number of anilines is 1. The van der Waals surface area contributed by atoms with Gasteiger partial charge in [-0.2, -0.15) is 0 Å². The van der Waals surface area contributed by atoms with E-state index < -0.39 is 10.0 Å². The monoisotopic (exact) mass is 591 g/mol. The van der Waals surface area contributed by atoms with Crippen molar-refractivity contribution in [2.45, 2.75) is 78.1 Å². The molecule has 2 N–H and O–H groups in total. The summed E-state index contributed by atoms with van der Waals surface area (Å²) < 4.78 is 42.5. The summed E-state index contributed by atoms with van der Waals surface area (Å²) in [4.78, 5) is 18.5. The van der Waals surface area contributed by atoms with Gasteiger partial charge in [0.2, 0.25) is 0 Å². The van der Waals surface area contributed by atoms with Gasteiger partial charge in [-0.3, -0.25) is 14.1 Å². The number of ether oxygens (including phenoxy) is 1. The highest BCUT2D eigenvalue weighted by Gasteiger charge is 2.24. The Morgan fingerprint density at radius 1 is 1.10 bits per heavy atom. The molecule has 0 aliphatic carbocycles. The quantitative estimate of drug-likeness (QED) is 0.239. The van der Waals surface area contributed by atoms with Crippen molar-refractivity contribution < 1.29 is 17.7 Å². The number of aromatic nitrogens is 3. The molecule has 0 amide bonds. The molecule has 0 bridgehead atoms. The number of fused-ring (bicyclic) bond motifs is 1. The molecule has 3 heterocycles. The number of hydrogen-bond acceptors (Lipinski definition) is 8. The van der Waals surface area contributed by atoms with Gasteiger partial charge in [-0.25, -0.2) is 13.4 Å². The van der Waals surface area contributed by atoms with Gasteiger partial charge in [0.05, 0.1) is 29.3 Å². The van der Waals surface area contributed by atoms with Crippen LogP contribution >= 0.6 is 0 Å². The van der Waals surface area contributed by atoms with Crippen LogP contribution in [0.15, 0.2) is 56.7 Å². The first-order valence-electron chi connectivity index (χ1n) is 14.3. The molecule has 0 fully saturated rings. The molecule has 0 saturated carbocycles. The van der Waals surface area contributed by atoms with E-state index in [9.17, 15) is 13.2 Å². The molecule has 0 radical (unpaired) electrons. The summed E-state index contributed by atoms with van der Waals surface area (Å²) in [7, 11) is -4.00. The third-order valence-electron chi connectivity index (χ3n) is 7.60. The minimum atomic E-state index is -4.00. The first-order chi connectivity index (χ1) is 20.2. The predicted molar refractivity (Wildman–Crippen MR) is 161 cm³/mol. The van der Waals surface area contributed by atoms with Crippen LogP contribution in [0.1, 0.15) is 66.2 Å². The zero-order valence-corrected chi connectivity index (χ0v) is 25.3. The normalized spacial score (nSPS) is 13.0. The Morgan fingerprint density at radius 2 is 1.90 bits per heavy atom. The molecule has 1 aliphatic heterocycles. The molecule has 10 nitrogen and oxygen atoms in total.